The van der Waals surface area contributed by atoms with Crippen molar-refractivity contribution in [3.05, 3.63) is 24.3 Å². The van der Waals surface area contributed by atoms with Gasteiger partial charge in [-0.25, -0.2) is 0 Å². The second-order valence-corrected chi connectivity index (χ2v) is 17.1. The van der Waals surface area contributed by atoms with Crippen LogP contribution in [0.1, 0.15) is 20.8 Å². The van der Waals surface area contributed by atoms with E-state index in [0.717, 1.165) is 5.75 Å². The Morgan fingerprint density at radius 3 is 1.95 bits per heavy atom. The Morgan fingerprint density at radius 1 is 0.900 bits per heavy atom. The summed E-state index contributed by atoms with van der Waals surface area (Å²) in [6.07, 6.45) is 0. The Morgan fingerprint density at radius 2 is 1.45 bits per heavy atom. The largest absolute Gasteiger partial charge is 0.497 e. The van der Waals surface area contributed by atoms with E-state index in [2.05, 4.69) is 58.1 Å². The molecule has 1 rings (SSSR count). The Labute approximate surface area is 127 Å². The molecule has 0 aliphatic heterocycles. The first-order valence-electron chi connectivity index (χ1n) is 8.08. The predicted molar refractivity (Wildman–Crippen MR) is 96.9 cm³/mol. The fourth-order valence-electron chi connectivity index (χ4n) is 3.20. The zero-order chi connectivity index (χ0) is 15.2. The molecule has 1 aromatic carbocycles. The van der Waals surface area contributed by atoms with Crippen LogP contribution in [0, 0.1) is 0 Å². The van der Waals surface area contributed by atoms with Crippen molar-refractivity contribution < 1.29 is 4.74 Å². The van der Waals surface area contributed by atoms with Gasteiger partial charge in [0, 0.05) is 0 Å². The van der Waals surface area contributed by atoms with Gasteiger partial charge in [0.2, 0.25) is 0 Å². The molecule has 0 bridgehead atoms. The summed E-state index contributed by atoms with van der Waals surface area (Å²) in [5, 5.41) is 1.49. The molecule has 0 aromatic heterocycles. The van der Waals surface area contributed by atoms with E-state index >= 15 is 0 Å². The van der Waals surface area contributed by atoms with Gasteiger partial charge in [-0.3, -0.25) is 0 Å². The average Bonchev–Trinajstić information content (AvgIpc) is 2.49. The van der Waals surface area contributed by atoms with E-state index in [1.165, 1.54) is 35.4 Å². The van der Waals surface area contributed by atoms with Crippen LogP contribution in [0.15, 0.2) is 24.3 Å². The quantitative estimate of drug-likeness (QED) is 0.606. The van der Waals surface area contributed by atoms with E-state index in [0.29, 0.717) is 0 Å². The van der Waals surface area contributed by atoms with Crippen LogP contribution in [0.3, 0.4) is 0 Å². The molecule has 0 heterocycles. The zero-order valence-corrected chi connectivity index (χ0v) is 16.3. The number of methoxy groups -OCH3 is 1. The van der Waals surface area contributed by atoms with Gasteiger partial charge in [-0.15, -0.1) is 0 Å². The number of para-hydroxylation sites is 1. The van der Waals surface area contributed by atoms with E-state index in [1.54, 1.807) is 7.11 Å². The first-order chi connectivity index (χ1) is 9.44. The molecule has 0 amide bonds. The third kappa shape index (κ3) is 3.98. The van der Waals surface area contributed by atoms with Gasteiger partial charge in [-0.1, -0.05) is 82.3 Å². The number of hydrogen-bond donors (Lipinski definition) is 0. The van der Waals surface area contributed by atoms with Crippen molar-refractivity contribution >= 4 is 21.3 Å². The fraction of sp³-hybridized carbons (Fsp3) is 0.647. The van der Waals surface area contributed by atoms with Gasteiger partial charge in [-0.2, -0.15) is 0 Å². The van der Waals surface area contributed by atoms with Crippen molar-refractivity contribution in [1.82, 2.24) is 0 Å². The second-order valence-electron chi connectivity index (χ2n) is 6.64. The minimum atomic E-state index is -1.39. The maximum atomic E-state index is 5.59. The molecule has 0 unspecified atom stereocenters. The van der Waals surface area contributed by atoms with Gasteiger partial charge in [-0.05, 0) is 11.3 Å². The van der Waals surface area contributed by atoms with Crippen molar-refractivity contribution in [3.8, 4) is 5.75 Å². The van der Waals surface area contributed by atoms with Crippen LogP contribution in [-0.2, 0) is 0 Å². The highest BCUT2D eigenvalue weighted by molar-refractivity contribution is 6.92. The van der Waals surface area contributed by atoms with E-state index < -0.39 is 16.1 Å². The van der Waals surface area contributed by atoms with Crippen molar-refractivity contribution in [2.24, 2.45) is 0 Å². The van der Waals surface area contributed by atoms with Crippen LogP contribution >= 0.6 is 0 Å². The Bertz CT molecular complexity index is 403. The number of ether oxygens (including phenoxy) is 1. The van der Waals surface area contributed by atoms with Crippen molar-refractivity contribution in [3.63, 3.8) is 0 Å². The highest BCUT2D eigenvalue weighted by atomic mass is 28.3. The Kier molecular flexibility index (Phi) is 6.53. The molecular formula is C17H32OSi2. The molecule has 0 spiro atoms. The first kappa shape index (κ1) is 17.5. The molecule has 0 saturated carbocycles. The standard InChI is InChI=1S/C17H32OSi2/c1-7-20(8-2,9-3)15-14-19(5,6)17-13-11-10-12-16(17)18-4/h10-13H,7-9,14-15H2,1-6H3. The molecule has 0 N–H and O–H groups in total. The lowest BCUT2D eigenvalue weighted by atomic mass is 10.3. The highest BCUT2D eigenvalue weighted by Gasteiger charge is 2.32. The molecule has 0 radical (unpaired) electrons. The summed E-state index contributed by atoms with van der Waals surface area (Å²) in [4.78, 5) is 0. The lowest BCUT2D eigenvalue weighted by Gasteiger charge is -2.33. The maximum Gasteiger partial charge on any atom is 0.118 e. The number of benzene rings is 1. The van der Waals surface area contributed by atoms with Crippen molar-refractivity contribution in [2.45, 2.75) is 64.1 Å². The molecule has 114 valence electrons. The topological polar surface area (TPSA) is 9.23 Å². The lowest BCUT2D eigenvalue weighted by Crippen LogP contribution is -2.44. The second kappa shape index (κ2) is 7.46. The third-order valence-corrected chi connectivity index (χ3v) is 15.0. The molecule has 0 fully saturated rings. The monoisotopic (exact) mass is 308 g/mol. The first-order valence-corrected chi connectivity index (χ1v) is 14.1. The Balaban J connectivity index is 2.89. The van der Waals surface area contributed by atoms with Gasteiger partial charge in [0.25, 0.3) is 0 Å². The van der Waals surface area contributed by atoms with E-state index in [-0.39, 0.29) is 0 Å². The molecule has 0 saturated heterocycles. The third-order valence-electron chi connectivity index (χ3n) is 5.37. The van der Waals surface area contributed by atoms with Crippen LogP contribution in [0.2, 0.25) is 43.3 Å². The molecule has 0 aliphatic carbocycles. The summed E-state index contributed by atoms with van der Waals surface area (Å²) in [6, 6.07) is 15.9. The van der Waals surface area contributed by atoms with Gasteiger partial charge in [0.05, 0.1) is 23.3 Å². The van der Waals surface area contributed by atoms with Crippen LogP contribution in [0.5, 0.6) is 5.75 Å². The molecule has 1 nitrogen and oxygen atoms in total. The number of hydrogen-bond acceptors (Lipinski definition) is 1. The smallest absolute Gasteiger partial charge is 0.118 e. The molecular weight excluding hydrogens is 276 g/mol. The van der Waals surface area contributed by atoms with E-state index in [4.69, 9.17) is 4.74 Å². The summed E-state index contributed by atoms with van der Waals surface area (Å²) in [6.45, 7) is 12.3. The normalized spacial score (nSPS) is 12.5. The minimum absolute atomic E-state index is 0.994. The van der Waals surface area contributed by atoms with Crippen molar-refractivity contribution in [2.75, 3.05) is 7.11 Å². The highest BCUT2D eigenvalue weighted by Crippen LogP contribution is 2.30. The molecule has 0 aliphatic rings. The number of rotatable bonds is 8. The predicted octanol–water partition coefficient (Wildman–Crippen LogP) is 5.12. The Hall–Kier alpha value is -0.546. The summed E-state index contributed by atoms with van der Waals surface area (Å²) >= 11 is 0. The van der Waals surface area contributed by atoms with Crippen molar-refractivity contribution in [1.29, 1.82) is 0 Å². The van der Waals surface area contributed by atoms with Gasteiger partial charge in [0.15, 0.2) is 0 Å². The van der Waals surface area contributed by atoms with Gasteiger partial charge in [0.1, 0.15) is 5.75 Å². The van der Waals surface area contributed by atoms with Gasteiger partial charge >= 0.3 is 0 Å². The summed E-state index contributed by atoms with van der Waals surface area (Å²) in [5.41, 5.74) is 0. The molecule has 3 heteroatoms. The van der Waals surface area contributed by atoms with E-state index in [1.807, 2.05) is 0 Å². The summed E-state index contributed by atoms with van der Waals surface area (Å²) in [5.74, 6) is 1.10. The summed E-state index contributed by atoms with van der Waals surface area (Å²) < 4.78 is 5.59. The minimum Gasteiger partial charge on any atom is -0.497 e. The van der Waals surface area contributed by atoms with Gasteiger partial charge < -0.3 is 4.74 Å². The molecule has 20 heavy (non-hydrogen) atoms. The van der Waals surface area contributed by atoms with E-state index in [9.17, 15) is 0 Å². The zero-order valence-electron chi connectivity index (χ0n) is 14.3. The SMILES string of the molecule is CC[Si](CC)(CC)CC[Si](C)(C)c1ccccc1OC. The average molecular weight is 309 g/mol. The van der Waals surface area contributed by atoms with Crippen LogP contribution in [0.25, 0.3) is 0 Å². The summed E-state index contributed by atoms with van der Waals surface area (Å²) in [7, 11) is -0.589. The molecule has 1 aromatic rings. The maximum absolute atomic E-state index is 5.59. The molecule has 0 atom stereocenters. The van der Waals surface area contributed by atoms with Crippen LogP contribution in [0.4, 0.5) is 0 Å². The van der Waals surface area contributed by atoms with Crippen LogP contribution in [-0.4, -0.2) is 23.3 Å². The lowest BCUT2D eigenvalue weighted by molar-refractivity contribution is 0.418. The van der Waals surface area contributed by atoms with Crippen LogP contribution < -0.4 is 9.92 Å². The fourth-order valence-corrected chi connectivity index (χ4v) is 12.0.